The highest BCUT2D eigenvalue weighted by atomic mass is 35.5. The van der Waals surface area contributed by atoms with Crippen LogP contribution in [0.1, 0.15) is 38.8 Å². The van der Waals surface area contributed by atoms with Crippen LogP contribution in [-0.2, 0) is 0 Å². The number of piperidine rings is 1. The summed E-state index contributed by atoms with van der Waals surface area (Å²) in [6.07, 6.45) is 0.955. The van der Waals surface area contributed by atoms with Crippen molar-refractivity contribution in [3.63, 3.8) is 0 Å². The van der Waals surface area contributed by atoms with E-state index >= 15 is 0 Å². The van der Waals surface area contributed by atoms with Crippen molar-refractivity contribution in [1.82, 2.24) is 15.1 Å². The summed E-state index contributed by atoms with van der Waals surface area (Å²) in [7, 11) is 5.53. The monoisotopic (exact) mass is 437 g/mol. The Morgan fingerprint density at radius 3 is 2.56 bits per heavy atom. The first-order valence-electron chi connectivity index (χ1n) is 8.82. The van der Waals surface area contributed by atoms with Crippen LogP contribution in [0, 0.1) is 5.41 Å². The van der Waals surface area contributed by atoms with Gasteiger partial charge in [0, 0.05) is 19.6 Å². The Balaban J connectivity index is 0.00000364. The summed E-state index contributed by atoms with van der Waals surface area (Å²) in [4.78, 5) is 16.9. The molecule has 1 aliphatic rings. The van der Waals surface area contributed by atoms with Crippen LogP contribution in [0.25, 0.3) is 0 Å². The molecule has 0 bridgehead atoms. The summed E-state index contributed by atoms with van der Waals surface area (Å²) in [6.45, 7) is 8.27. The van der Waals surface area contributed by atoms with Crippen LogP contribution >= 0.6 is 35.6 Å². The van der Waals surface area contributed by atoms with Gasteiger partial charge in [-0.25, -0.2) is 4.79 Å². The van der Waals surface area contributed by atoms with Gasteiger partial charge >= 0.3 is 6.03 Å². The van der Waals surface area contributed by atoms with Gasteiger partial charge in [-0.2, -0.15) is 0 Å². The van der Waals surface area contributed by atoms with Crippen LogP contribution in [0.3, 0.4) is 0 Å². The number of carbonyl (C=O) groups excluding carboxylic acids is 1. The minimum atomic E-state index is -0.268. The molecule has 1 aromatic carbocycles. The third-order valence-electron chi connectivity index (χ3n) is 5.25. The van der Waals surface area contributed by atoms with Gasteiger partial charge in [0.05, 0.1) is 18.2 Å². The maximum atomic E-state index is 12.8. The van der Waals surface area contributed by atoms with E-state index in [1.54, 1.807) is 13.2 Å². The minimum absolute atomic E-state index is 0. The predicted molar refractivity (Wildman–Crippen MR) is 115 cm³/mol. The zero-order valence-electron chi connectivity index (χ0n) is 16.8. The van der Waals surface area contributed by atoms with Gasteiger partial charge in [0.2, 0.25) is 0 Å². The Morgan fingerprint density at radius 2 is 2.00 bits per heavy atom. The standard InChI is InChI=1S/C19H29Cl2N3O2.ClH/c1-12(13-7-8-14(26-6)17(21)16(13)20)22-18(25)24(5)15-9-10-23(4)11-19(15,2)3;/h7-8,12,15H,9-11H2,1-6H3,(H,22,25);1H. The topological polar surface area (TPSA) is 44.8 Å². The Kier molecular flexibility index (Phi) is 8.54. The number of amides is 2. The van der Waals surface area contributed by atoms with Crippen LogP contribution < -0.4 is 10.1 Å². The molecule has 154 valence electrons. The lowest BCUT2D eigenvalue weighted by molar-refractivity contribution is 0.0446. The van der Waals surface area contributed by atoms with E-state index in [1.165, 1.54) is 0 Å². The van der Waals surface area contributed by atoms with Crippen molar-refractivity contribution < 1.29 is 9.53 Å². The molecule has 1 saturated heterocycles. The first-order valence-corrected chi connectivity index (χ1v) is 9.57. The van der Waals surface area contributed by atoms with Crippen molar-refractivity contribution in [2.45, 2.75) is 39.3 Å². The summed E-state index contributed by atoms with van der Waals surface area (Å²) in [5.41, 5.74) is 0.797. The molecule has 2 atom stereocenters. The van der Waals surface area contributed by atoms with Crippen LogP contribution in [0.15, 0.2) is 12.1 Å². The molecule has 0 aliphatic carbocycles. The van der Waals surface area contributed by atoms with Gasteiger partial charge in [0.1, 0.15) is 10.8 Å². The lowest BCUT2D eigenvalue weighted by Crippen LogP contribution is -2.57. The second kappa shape index (κ2) is 9.55. The number of ether oxygens (including phenoxy) is 1. The molecule has 0 aromatic heterocycles. The maximum Gasteiger partial charge on any atom is 0.317 e. The summed E-state index contributed by atoms with van der Waals surface area (Å²) in [6, 6.07) is 3.40. The molecular weight excluding hydrogens is 409 g/mol. The van der Waals surface area contributed by atoms with Crippen LogP contribution in [0.4, 0.5) is 4.79 Å². The number of carbonyl (C=O) groups is 1. The number of benzene rings is 1. The molecule has 5 nitrogen and oxygen atoms in total. The van der Waals surface area contributed by atoms with E-state index < -0.39 is 0 Å². The number of rotatable bonds is 4. The molecule has 2 amide bonds. The first-order chi connectivity index (χ1) is 12.1. The molecule has 0 saturated carbocycles. The summed E-state index contributed by atoms with van der Waals surface area (Å²) in [5, 5.41) is 3.80. The molecule has 1 aliphatic heterocycles. The zero-order valence-corrected chi connectivity index (χ0v) is 19.1. The average molecular weight is 439 g/mol. The molecule has 8 heteroatoms. The number of hydrogen-bond donors (Lipinski definition) is 1. The van der Waals surface area contributed by atoms with E-state index in [1.807, 2.05) is 24.9 Å². The molecule has 1 aromatic rings. The van der Waals surface area contributed by atoms with Gasteiger partial charge in [0.15, 0.2) is 0 Å². The quantitative estimate of drug-likeness (QED) is 0.730. The fourth-order valence-electron chi connectivity index (χ4n) is 3.88. The second-order valence-corrected chi connectivity index (χ2v) is 8.55. The Morgan fingerprint density at radius 1 is 1.37 bits per heavy atom. The highest BCUT2D eigenvalue weighted by Gasteiger charge is 2.39. The molecule has 0 spiro atoms. The lowest BCUT2D eigenvalue weighted by atomic mass is 9.78. The molecule has 1 heterocycles. The molecule has 1 N–H and O–H groups in total. The Labute approximate surface area is 178 Å². The second-order valence-electron chi connectivity index (χ2n) is 7.80. The van der Waals surface area contributed by atoms with Gasteiger partial charge < -0.3 is 19.9 Å². The predicted octanol–water partition coefficient (Wildman–Crippen LogP) is 4.86. The van der Waals surface area contributed by atoms with Gasteiger partial charge in [-0.15, -0.1) is 12.4 Å². The molecule has 2 rings (SSSR count). The van der Waals surface area contributed by atoms with Crippen molar-refractivity contribution in [1.29, 1.82) is 0 Å². The Bertz CT molecular complexity index is 670. The van der Waals surface area contributed by atoms with Gasteiger partial charge in [-0.1, -0.05) is 43.1 Å². The number of methoxy groups -OCH3 is 1. The van der Waals surface area contributed by atoms with E-state index in [2.05, 4.69) is 31.1 Å². The molecule has 1 fully saturated rings. The number of likely N-dealkylation sites (tertiary alicyclic amines) is 1. The third-order valence-corrected chi connectivity index (χ3v) is 6.13. The summed E-state index contributed by atoms with van der Waals surface area (Å²) in [5.74, 6) is 0.518. The maximum absolute atomic E-state index is 12.8. The third kappa shape index (κ3) is 5.35. The SMILES string of the molecule is COc1ccc(C(C)NC(=O)N(C)C2CCN(C)CC2(C)C)c(Cl)c1Cl.Cl. The largest absolute Gasteiger partial charge is 0.495 e. The van der Waals surface area contributed by atoms with Crippen molar-refractivity contribution >= 4 is 41.6 Å². The van der Waals surface area contributed by atoms with Gasteiger partial charge in [-0.05, 0) is 44.0 Å². The fraction of sp³-hybridized carbons (Fsp3) is 0.632. The lowest BCUT2D eigenvalue weighted by Gasteiger charge is -2.47. The van der Waals surface area contributed by atoms with Crippen LogP contribution in [-0.4, -0.2) is 56.2 Å². The fourth-order valence-corrected chi connectivity index (χ4v) is 4.45. The van der Waals surface area contributed by atoms with E-state index in [4.69, 9.17) is 27.9 Å². The van der Waals surface area contributed by atoms with E-state index in [0.717, 1.165) is 25.1 Å². The Hall–Kier alpha value is -0.880. The van der Waals surface area contributed by atoms with Gasteiger partial charge in [0.25, 0.3) is 0 Å². The first kappa shape index (κ1) is 24.2. The molecule has 27 heavy (non-hydrogen) atoms. The zero-order chi connectivity index (χ0) is 19.6. The number of halogens is 3. The van der Waals surface area contributed by atoms with Crippen LogP contribution in [0.2, 0.25) is 10.0 Å². The van der Waals surface area contributed by atoms with E-state index in [9.17, 15) is 4.79 Å². The minimum Gasteiger partial charge on any atom is -0.495 e. The number of nitrogens with one attached hydrogen (secondary N) is 1. The van der Waals surface area contributed by atoms with Crippen molar-refractivity contribution in [3.8, 4) is 5.75 Å². The van der Waals surface area contributed by atoms with E-state index in [0.29, 0.717) is 15.8 Å². The number of nitrogens with zero attached hydrogens (tertiary/aromatic N) is 2. The van der Waals surface area contributed by atoms with E-state index in [-0.39, 0.29) is 35.9 Å². The van der Waals surface area contributed by atoms with Crippen molar-refractivity contribution in [2.24, 2.45) is 5.41 Å². The van der Waals surface area contributed by atoms with Crippen LogP contribution in [0.5, 0.6) is 5.75 Å². The van der Waals surface area contributed by atoms with Crippen molar-refractivity contribution in [3.05, 3.63) is 27.7 Å². The average Bonchev–Trinajstić information content (AvgIpc) is 2.55. The smallest absolute Gasteiger partial charge is 0.317 e. The van der Waals surface area contributed by atoms with Crippen molar-refractivity contribution in [2.75, 3.05) is 34.3 Å². The normalized spacial score (nSPS) is 20.4. The summed E-state index contributed by atoms with van der Waals surface area (Å²) < 4.78 is 5.17. The molecule has 2 unspecified atom stereocenters. The van der Waals surface area contributed by atoms with Gasteiger partial charge in [-0.3, -0.25) is 0 Å². The molecule has 0 radical (unpaired) electrons. The highest BCUT2D eigenvalue weighted by Crippen LogP contribution is 2.37. The number of urea groups is 1. The number of hydrogen-bond acceptors (Lipinski definition) is 3. The molecular formula is C19H30Cl3N3O2. The highest BCUT2D eigenvalue weighted by molar-refractivity contribution is 6.43. The summed E-state index contributed by atoms with van der Waals surface area (Å²) >= 11 is 12.6.